The van der Waals surface area contributed by atoms with Crippen LogP contribution in [0.4, 0.5) is 5.69 Å². The number of hydrogen-bond acceptors (Lipinski definition) is 3. The van der Waals surface area contributed by atoms with Crippen molar-refractivity contribution in [2.75, 3.05) is 11.9 Å². The van der Waals surface area contributed by atoms with Gasteiger partial charge in [-0.1, -0.05) is 24.3 Å². The summed E-state index contributed by atoms with van der Waals surface area (Å²) in [5.74, 6) is 0.350. The van der Waals surface area contributed by atoms with E-state index in [-0.39, 0.29) is 12.5 Å². The van der Waals surface area contributed by atoms with Gasteiger partial charge in [0.25, 0.3) is 5.91 Å². The van der Waals surface area contributed by atoms with Crippen molar-refractivity contribution in [2.45, 2.75) is 13.0 Å². The van der Waals surface area contributed by atoms with E-state index in [9.17, 15) is 9.90 Å². The number of aliphatic hydroxyl groups excluding tert-OH is 1. The molecule has 5 heteroatoms. The number of aliphatic hydroxyl groups is 1. The van der Waals surface area contributed by atoms with Gasteiger partial charge in [0.05, 0.1) is 11.8 Å². The Morgan fingerprint density at radius 2 is 1.90 bits per heavy atom. The van der Waals surface area contributed by atoms with Gasteiger partial charge in [-0.25, -0.2) is 0 Å². The minimum Gasteiger partial charge on any atom is -0.484 e. The van der Waals surface area contributed by atoms with Gasteiger partial charge in [-0.05, 0) is 52.7 Å². The Morgan fingerprint density at radius 3 is 2.52 bits per heavy atom. The standard InChI is InChI=1S/C16H16BrNO3/c1-11(19)12-6-8-13(9-7-12)21-10-16(20)18-15-5-3-2-4-14(15)17/h2-9,11,19H,10H2,1H3,(H,18,20)/t11-/m1/s1. The number of anilines is 1. The second-order valence-corrected chi connectivity index (χ2v) is 5.42. The molecule has 0 spiro atoms. The summed E-state index contributed by atoms with van der Waals surface area (Å²) in [6.45, 7) is 1.62. The van der Waals surface area contributed by atoms with Crippen LogP contribution in [-0.4, -0.2) is 17.6 Å². The number of amides is 1. The minimum atomic E-state index is -0.516. The van der Waals surface area contributed by atoms with Gasteiger partial charge >= 0.3 is 0 Å². The van der Waals surface area contributed by atoms with Gasteiger partial charge in [0.1, 0.15) is 5.75 Å². The number of carbonyl (C=O) groups excluding carboxylic acids is 1. The lowest BCUT2D eigenvalue weighted by molar-refractivity contribution is -0.118. The summed E-state index contributed by atoms with van der Waals surface area (Å²) in [5.41, 5.74) is 1.51. The summed E-state index contributed by atoms with van der Waals surface area (Å²) >= 11 is 3.36. The molecule has 4 nitrogen and oxygen atoms in total. The maximum Gasteiger partial charge on any atom is 0.262 e. The lowest BCUT2D eigenvalue weighted by atomic mass is 10.1. The van der Waals surface area contributed by atoms with E-state index < -0.39 is 6.10 Å². The van der Waals surface area contributed by atoms with E-state index in [0.29, 0.717) is 11.4 Å². The summed E-state index contributed by atoms with van der Waals surface area (Å²) in [6.07, 6.45) is -0.516. The first-order chi connectivity index (χ1) is 10.1. The predicted molar refractivity (Wildman–Crippen MR) is 85.3 cm³/mol. The smallest absolute Gasteiger partial charge is 0.262 e. The van der Waals surface area contributed by atoms with Gasteiger partial charge in [-0.15, -0.1) is 0 Å². The SMILES string of the molecule is C[C@@H](O)c1ccc(OCC(=O)Nc2ccccc2Br)cc1. The highest BCUT2D eigenvalue weighted by Gasteiger charge is 2.06. The van der Waals surface area contributed by atoms with E-state index in [2.05, 4.69) is 21.2 Å². The van der Waals surface area contributed by atoms with Crippen LogP contribution in [-0.2, 0) is 4.79 Å². The lowest BCUT2D eigenvalue weighted by Crippen LogP contribution is -2.20. The molecule has 0 saturated heterocycles. The van der Waals surface area contributed by atoms with Gasteiger partial charge < -0.3 is 15.2 Å². The third-order valence-electron chi connectivity index (χ3n) is 2.88. The molecule has 0 aliphatic rings. The Balaban J connectivity index is 1.88. The van der Waals surface area contributed by atoms with Crippen molar-refractivity contribution in [3.8, 4) is 5.75 Å². The van der Waals surface area contributed by atoms with Crippen LogP contribution in [0.15, 0.2) is 53.0 Å². The summed E-state index contributed by atoms with van der Waals surface area (Å²) in [5, 5.41) is 12.2. The first-order valence-corrected chi connectivity index (χ1v) is 7.31. The van der Waals surface area contributed by atoms with Crippen LogP contribution in [0.3, 0.4) is 0 Å². The maximum absolute atomic E-state index is 11.8. The average Bonchev–Trinajstić information content (AvgIpc) is 2.48. The number of rotatable bonds is 5. The molecule has 110 valence electrons. The van der Waals surface area contributed by atoms with Gasteiger partial charge in [-0.3, -0.25) is 4.79 Å². The number of hydrogen-bond donors (Lipinski definition) is 2. The van der Waals surface area contributed by atoms with Crippen LogP contribution in [0.5, 0.6) is 5.75 Å². The number of halogens is 1. The van der Waals surface area contributed by atoms with Gasteiger partial charge in [0, 0.05) is 4.47 Å². The quantitative estimate of drug-likeness (QED) is 0.868. The number of carbonyl (C=O) groups is 1. The first-order valence-electron chi connectivity index (χ1n) is 6.51. The molecule has 0 aliphatic heterocycles. The van der Waals surface area contributed by atoms with Crippen molar-refractivity contribution in [1.82, 2.24) is 0 Å². The van der Waals surface area contributed by atoms with Crippen molar-refractivity contribution in [2.24, 2.45) is 0 Å². The molecule has 2 N–H and O–H groups in total. The van der Waals surface area contributed by atoms with Crippen molar-refractivity contribution in [1.29, 1.82) is 0 Å². The Hall–Kier alpha value is -1.85. The molecule has 1 amide bonds. The molecule has 0 radical (unpaired) electrons. The Morgan fingerprint density at radius 1 is 1.24 bits per heavy atom. The second-order valence-electron chi connectivity index (χ2n) is 4.56. The maximum atomic E-state index is 11.8. The van der Waals surface area contributed by atoms with Crippen LogP contribution in [0, 0.1) is 0 Å². The van der Waals surface area contributed by atoms with E-state index in [1.807, 2.05) is 18.2 Å². The molecule has 21 heavy (non-hydrogen) atoms. The third kappa shape index (κ3) is 4.58. The fourth-order valence-corrected chi connectivity index (χ4v) is 2.12. The van der Waals surface area contributed by atoms with Crippen LogP contribution in [0.2, 0.25) is 0 Å². The highest BCUT2D eigenvalue weighted by atomic mass is 79.9. The van der Waals surface area contributed by atoms with Crippen molar-refractivity contribution < 1.29 is 14.6 Å². The molecule has 0 aromatic heterocycles. The molecule has 0 bridgehead atoms. The van der Waals surface area contributed by atoms with Crippen molar-refractivity contribution >= 4 is 27.5 Å². The van der Waals surface area contributed by atoms with Crippen molar-refractivity contribution in [3.63, 3.8) is 0 Å². The van der Waals surface area contributed by atoms with E-state index in [1.165, 1.54) is 0 Å². The Labute approximate surface area is 131 Å². The zero-order valence-corrected chi connectivity index (χ0v) is 13.1. The number of benzene rings is 2. The fourth-order valence-electron chi connectivity index (χ4n) is 1.74. The summed E-state index contributed by atoms with van der Waals surface area (Å²) < 4.78 is 6.22. The molecule has 0 saturated carbocycles. The van der Waals surface area contributed by atoms with E-state index in [1.54, 1.807) is 37.3 Å². The topological polar surface area (TPSA) is 58.6 Å². The van der Waals surface area contributed by atoms with Gasteiger partial charge in [0.15, 0.2) is 6.61 Å². The zero-order valence-electron chi connectivity index (χ0n) is 11.5. The summed E-state index contributed by atoms with van der Waals surface area (Å²) in [6, 6.07) is 14.4. The first kappa shape index (κ1) is 15.5. The van der Waals surface area contributed by atoms with Crippen LogP contribution < -0.4 is 10.1 Å². The summed E-state index contributed by atoms with van der Waals surface area (Å²) in [4.78, 5) is 11.8. The fraction of sp³-hybridized carbons (Fsp3) is 0.188. The normalized spacial score (nSPS) is 11.8. The molecular weight excluding hydrogens is 334 g/mol. The lowest BCUT2D eigenvalue weighted by Gasteiger charge is -2.10. The molecule has 0 aliphatic carbocycles. The molecule has 0 unspecified atom stereocenters. The van der Waals surface area contributed by atoms with E-state index >= 15 is 0 Å². The average molecular weight is 350 g/mol. The number of ether oxygens (including phenoxy) is 1. The minimum absolute atomic E-state index is 0.0740. The molecular formula is C16H16BrNO3. The Bertz CT molecular complexity index is 611. The highest BCUT2D eigenvalue weighted by Crippen LogP contribution is 2.21. The van der Waals surface area contributed by atoms with E-state index in [4.69, 9.17) is 4.74 Å². The molecule has 1 atom stereocenters. The summed E-state index contributed by atoms with van der Waals surface area (Å²) in [7, 11) is 0. The van der Waals surface area contributed by atoms with Crippen LogP contribution in [0.25, 0.3) is 0 Å². The number of nitrogens with one attached hydrogen (secondary N) is 1. The zero-order chi connectivity index (χ0) is 15.2. The predicted octanol–water partition coefficient (Wildman–Crippen LogP) is 3.52. The van der Waals surface area contributed by atoms with Gasteiger partial charge in [-0.2, -0.15) is 0 Å². The largest absolute Gasteiger partial charge is 0.484 e. The molecule has 2 rings (SSSR count). The highest BCUT2D eigenvalue weighted by molar-refractivity contribution is 9.10. The second kappa shape index (κ2) is 7.24. The molecule has 0 heterocycles. The van der Waals surface area contributed by atoms with Gasteiger partial charge in [0.2, 0.25) is 0 Å². The van der Waals surface area contributed by atoms with E-state index in [0.717, 1.165) is 10.0 Å². The third-order valence-corrected chi connectivity index (χ3v) is 3.57. The molecule has 2 aromatic rings. The monoisotopic (exact) mass is 349 g/mol. The Kier molecular flexibility index (Phi) is 5.36. The van der Waals surface area contributed by atoms with Crippen molar-refractivity contribution in [3.05, 3.63) is 58.6 Å². The van der Waals surface area contributed by atoms with Crippen LogP contribution in [0.1, 0.15) is 18.6 Å². The van der Waals surface area contributed by atoms with Crippen LogP contribution >= 0.6 is 15.9 Å². The number of para-hydroxylation sites is 1. The molecule has 0 fully saturated rings. The molecule has 2 aromatic carbocycles.